The van der Waals surface area contributed by atoms with Gasteiger partial charge in [-0.05, 0) is 31.5 Å². The molecule has 0 aliphatic carbocycles. The van der Waals surface area contributed by atoms with Crippen LogP contribution in [0.25, 0.3) is 10.9 Å². The first-order chi connectivity index (χ1) is 13.1. The number of benzene rings is 2. The van der Waals surface area contributed by atoms with Crippen molar-refractivity contribution < 1.29 is 0 Å². The predicted molar refractivity (Wildman–Crippen MR) is 109 cm³/mol. The number of hydrogen-bond acceptors (Lipinski definition) is 4. The molecule has 2 heterocycles. The van der Waals surface area contributed by atoms with Gasteiger partial charge in [0, 0.05) is 32.7 Å². The van der Waals surface area contributed by atoms with E-state index >= 15 is 0 Å². The molecule has 0 amide bonds. The number of aromatic amines is 1. The summed E-state index contributed by atoms with van der Waals surface area (Å²) in [5, 5.41) is 0.649. The first-order valence-electron chi connectivity index (χ1n) is 9.61. The molecule has 5 nitrogen and oxygen atoms in total. The first kappa shape index (κ1) is 17.9. The number of fused-ring (bicyclic) bond motifs is 1. The molecule has 1 unspecified atom stereocenters. The molecule has 1 aliphatic rings. The maximum absolute atomic E-state index is 12.3. The van der Waals surface area contributed by atoms with Gasteiger partial charge >= 0.3 is 0 Å². The predicted octanol–water partition coefficient (Wildman–Crippen LogP) is 3.11. The van der Waals surface area contributed by atoms with Crippen molar-refractivity contribution >= 4 is 10.9 Å². The molecule has 27 heavy (non-hydrogen) atoms. The number of rotatable bonds is 4. The fourth-order valence-corrected chi connectivity index (χ4v) is 3.85. The summed E-state index contributed by atoms with van der Waals surface area (Å²) in [6.07, 6.45) is 0. The van der Waals surface area contributed by atoms with Crippen molar-refractivity contribution in [2.75, 3.05) is 26.2 Å². The van der Waals surface area contributed by atoms with Crippen LogP contribution in [0.5, 0.6) is 0 Å². The van der Waals surface area contributed by atoms with Crippen molar-refractivity contribution in [2.24, 2.45) is 0 Å². The second-order valence-electron chi connectivity index (χ2n) is 7.45. The molecule has 1 N–H and O–H groups in total. The average Bonchev–Trinajstić information content (AvgIpc) is 2.68. The van der Waals surface area contributed by atoms with Gasteiger partial charge in [-0.3, -0.25) is 14.6 Å². The number of piperazine rings is 1. The fraction of sp³-hybridized carbons (Fsp3) is 0.364. The Hall–Kier alpha value is -2.50. The molecular weight excluding hydrogens is 336 g/mol. The third-order valence-corrected chi connectivity index (χ3v) is 5.47. The molecule has 1 atom stereocenters. The van der Waals surface area contributed by atoms with E-state index in [1.165, 1.54) is 11.1 Å². The van der Waals surface area contributed by atoms with Crippen LogP contribution in [-0.4, -0.2) is 45.9 Å². The third-order valence-electron chi connectivity index (χ3n) is 5.47. The van der Waals surface area contributed by atoms with Gasteiger partial charge in [0.1, 0.15) is 5.82 Å². The van der Waals surface area contributed by atoms with Crippen molar-refractivity contribution in [3.05, 3.63) is 75.8 Å². The van der Waals surface area contributed by atoms with E-state index in [2.05, 4.69) is 52.9 Å². The molecular formula is C22H26N4O. The second kappa shape index (κ2) is 7.62. The van der Waals surface area contributed by atoms with Gasteiger partial charge in [-0.25, -0.2) is 4.98 Å². The minimum atomic E-state index is -0.0551. The van der Waals surface area contributed by atoms with Gasteiger partial charge < -0.3 is 4.98 Å². The highest BCUT2D eigenvalue weighted by atomic mass is 16.1. The monoisotopic (exact) mass is 362 g/mol. The number of nitrogens with one attached hydrogen (secondary N) is 1. The zero-order valence-electron chi connectivity index (χ0n) is 16.0. The molecule has 0 radical (unpaired) electrons. The SMILES string of the molecule is Cc1cccc(CN2CCN(C(C)c3nc4ccccc4c(=O)[nH]3)CC2)c1. The maximum atomic E-state index is 12.3. The molecule has 0 saturated carbocycles. The Bertz CT molecular complexity index is 989. The summed E-state index contributed by atoms with van der Waals surface area (Å²) in [5.41, 5.74) is 3.39. The topological polar surface area (TPSA) is 52.2 Å². The Morgan fingerprint density at radius 1 is 1.07 bits per heavy atom. The molecule has 3 aromatic rings. The van der Waals surface area contributed by atoms with Crippen molar-refractivity contribution in [3.8, 4) is 0 Å². The van der Waals surface area contributed by atoms with E-state index < -0.39 is 0 Å². The van der Waals surface area contributed by atoms with Crippen molar-refractivity contribution in [1.29, 1.82) is 0 Å². The number of aryl methyl sites for hydroxylation is 1. The molecule has 5 heteroatoms. The lowest BCUT2D eigenvalue weighted by Gasteiger charge is -2.37. The van der Waals surface area contributed by atoms with E-state index in [1.807, 2.05) is 24.3 Å². The number of para-hydroxylation sites is 1. The van der Waals surface area contributed by atoms with Gasteiger partial charge in [0.25, 0.3) is 5.56 Å². The Kier molecular flexibility index (Phi) is 5.05. The van der Waals surface area contributed by atoms with Crippen molar-refractivity contribution in [2.45, 2.75) is 26.4 Å². The van der Waals surface area contributed by atoms with E-state index in [1.54, 1.807) is 0 Å². The molecule has 1 aliphatic heterocycles. The molecule has 1 fully saturated rings. The van der Waals surface area contributed by atoms with Gasteiger partial charge in [-0.1, -0.05) is 42.0 Å². The van der Waals surface area contributed by atoms with Crippen LogP contribution in [0, 0.1) is 6.92 Å². The standard InChI is InChI=1S/C22H26N4O/c1-16-6-5-7-18(14-16)15-25-10-12-26(13-11-25)17(2)21-23-20-9-4-3-8-19(20)22(27)24-21/h3-9,14,17H,10-13,15H2,1-2H3,(H,23,24,27). The number of H-pyrrole nitrogens is 1. The molecule has 2 aromatic carbocycles. The summed E-state index contributed by atoms with van der Waals surface area (Å²) in [7, 11) is 0. The van der Waals surface area contributed by atoms with Crippen LogP contribution in [-0.2, 0) is 6.54 Å². The summed E-state index contributed by atoms with van der Waals surface area (Å²) >= 11 is 0. The highest BCUT2D eigenvalue weighted by Crippen LogP contribution is 2.20. The Balaban J connectivity index is 1.43. The maximum Gasteiger partial charge on any atom is 0.258 e. The second-order valence-corrected chi connectivity index (χ2v) is 7.45. The van der Waals surface area contributed by atoms with E-state index in [9.17, 15) is 4.79 Å². The van der Waals surface area contributed by atoms with Gasteiger partial charge in [0.05, 0.1) is 16.9 Å². The zero-order valence-corrected chi connectivity index (χ0v) is 16.0. The number of aromatic nitrogens is 2. The van der Waals surface area contributed by atoms with Crippen LogP contribution in [0.3, 0.4) is 0 Å². The molecule has 1 aromatic heterocycles. The third kappa shape index (κ3) is 3.94. The number of hydrogen-bond donors (Lipinski definition) is 1. The van der Waals surface area contributed by atoms with E-state index in [0.29, 0.717) is 5.39 Å². The quantitative estimate of drug-likeness (QED) is 0.775. The minimum Gasteiger partial charge on any atom is -0.309 e. The van der Waals surface area contributed by atoms with Gasteiger partial charge in [0.2, 0.25) is 0 Å². The molecule has 1 saturated heterocycles. The Morgan fingerprint density at radius 3 is 2.63 bits per heavy atom. The summed E-state index contributed by atoms with van der Waals surface area (Å²) in [4.78, 5) is 24.9. The van der Waals surface area contributed by atoms with Crippen LogP contribution in [0.2, 0.25) is 0 Å². The van der Waals surface area contributed by atoms with E-state index in [-0.39, 0.29) is 11.6 Å². The lowest BCUT2D eigenvalue weighted by atomic mass is 10.1. The summed E-state index contributed by atoms with van der Waals surface area (Å²) in [6, 6.07) is 16.3. The van der Waals surface area contributed by atoms with Crippen LogP contribution in [0.15, 0.2) is 53.3 Å². The first-order valence-corrected chi connectivity index (χ1v) is 9.61. The smallest absolute Gasteiger partial charge is 0.258 e. The highest BCUT2D eigenvalue weighted by Gasteiger charge is 2.24. The van der Waals surface area contributed by atoms with Gasteiger partial charge in [-0.2, -0.15) is 0 Å². The zero-order chi connectivity index (χ0) is 18.8. The number of nitrogens with zero attached hydrogens (tertiary/aromatic N) is 3. The van der Waals surface area contributed by atoms with E-state index in [4.69, 9.17) is 4.98 Å². The Labute approximate surface area is 159 Å². The van der Waals surface area contributed by atoms with E-state index in [0.717, 1.165) is 44.1 Å². The van der Waals surface area contributed by atoms with Crippen molar-refractivity contribution in [3.63, 3.8) is 0 Å². The normalized spacial score (nSPS) is 17.3. The average molecular weight is 362 g/mol. The lowest BCUT2D eigenvalue weighted by molar-refractivity contribution is 0.0948. The van der Waals surface area contributed by atoms with Crippen LogP contribution >= 0.6 is 0 Å². The largest absolute Gasteiger partial charge is 0.309 e. The molecule has 4 rings (SSSR count). The fourth-order valence-electron chi connectivity index (χ4n) is 3.85. The summed E-state index contributed by atoms with van der Waals surface area (Å²) < 4.78 is 0. The van der Waals surface area contributed by atoms with Crippen LogP contribution < -0.4 is 5.56 Å². The molecule has 140 valence electrons. The summed E-state index contributed by atoms with van der Waals surface area (Å²) in [6.45, 7) is 9.26. The molecule has 0 bridgehead atoms. The van der Waals surface area contributed by atoms with Crippen LogP contribution in [0.4, 0.5) is 0 Å². The minimum absolute atomic E-state index is 0.0551. The van der Waals surface area contributed by atoms with Gasteiger partial charge in [0.15, 0.2) is 0 Å². The highest BCUT2D eigenvalue weighted by molar-refractivity contribution is 5.77. The van der Waals surface area contributed by atoms with Crippen LogP contribution in [0.1, 0.15) is 29.9 Å². The molecule has 0 spiro atoms. The summed E-state index contributed by atoms with van der Waals surface area (Å²) in [5.74, 6) is 0.755. The van der Waals surface area contributed by atoms with Crippen molar-refractivity contribution in [1.82, 2.24) is 19.8 Å². The Morgan fingerprint density at radius 2 is 1.85 bits per heavy atom. The lowest BCUT2D eigenvalue weighted by Crippen LogP contribution is -2.47. The van der Waals surface area contributed by atoms with Gasteiger partial charge in [-0.15, -0.1) is 0 Å².